The van der Waals surface area contributed by atoms with Gasteiger partial charge in [-0.15, -0.1) is 0 Å². The van der Waals surface area contributed by atoms with Crippen molar-refractivity contribution in [2.45, 2.75) is 38.8 Å². The largest absolute Gasteiger partial charge is 0.381 e. The van der Waals surface area contributed by atoms with Gasteiger partial charge in [0.1, 0.15) is 0 Å². The predicted molar refractivity (Wildman–Crippen MR) is 79.5 cm³/mol. The van der Waals surface area contributed by atoms with E-state index >= 15 is 0 Å². The first-order chi connectivity index (χ1) is 9.03. The van der Waals surface area contributed by atoms with Crippen LogP contribution in [0, 0.1) is 5.92 Å². The van der Waals surface area contributed by atoms with E-state index in [1.165, 1.54) is 26.2 Å². The van der Waals surface area contributed by atoms with Crippen LogP contribution >= 0.6 is 0 Å². The van der Waals surface area contributed by atoms with Gasteiger partial charge in [-0.05, 0) is 33.9 Å². The van der Waals surface area contributed by atoms with E-state index in [-0.39, 0.29) is 0 Å². The minimum Gasteiger partial charge on any atom is -0.381 e. The maximum atomic E-state index is 5.70. The van der Waals surface area contributed by atoms with Gasteiger partial charge in [0, 0.05) is 50.3 Å². The van der Waals surface area contributed by atoms with Crippen molar-refractivity contribution in [1.82, 2.24) is 15.1 Å². The van der Waals surface area contributed by atoms with Crippen molar-refractivity contribution >= 4 is 0 Å². The lowest BCUT2D eigenvalue weighted by molar-refractivity contribution is -0.0112. The maximum Gasteiger partial charge on any atom is 0.0521 e. The molecule has 2 fully saturated rings. The third-order valence-electron chi connectivity index (χ3n) is 4.83. The van der Waals surface area contributed by atoms with Crippen molar-refractivity contribution < 1.29 is 4.74 Å². The van der Waals surface area contributed by atoms with E-state index in [0.29, 0.717) is 17.5 Å². The molecule has 2 rings (SSSR count). The average molecular weight is 269 g/mol. The van der Waals surface area contributed by atoms with Crippen molar-refractivity contribution in [3.8, 4) is 0 Å². The molecule has 2 aliphatic rings. The van der Waals surface area contributed by atoms with Crippen molar-refractivity contribution in [3.05, 3.63) is 0 Å². The minimum atomic E-state index is 0.293. The lowest BCUT2D eigenvalue weighted by Crippen LogP contribution is -2.59. The first-order valence-electron chi connectivity index (χ1n) is 7.77. The van der Waals surface area contributed by atoms with E-state index in [1.807, 2.05) is 0 Å². The Labute approximate surface area is 118 Å². The highest BCUT2D eigenvalue weighted by molar-refractivity contribution is 4.90. The molecule has 0 radical (unpaired) electrons. The zero-order valence-corrected chi connectivity index (χ0v) is 13.1. The predicted octanol–water partition coefficient (Wildman–Crippen LogP) is 1.03. The second-order valence-corrected chi connectivity index (χ2v) is 6.76. The Morgan fingerprint density at radius 2 is 2.11 bits per heavy atom. The Balaban J connectivity index is 1.88. The zero-order valence-electron chi connectivity index (χ0n) is 13.1. The van der Waals surface area contributed by atoms with Gasteiger partial charge in [-0.1, -0.05) is 6.92 Å². The van der Waals surface area contributed by atoms with E-state index in [2.05, 4.69) is 42.9 Å². The standard InChI is InChI=1S/C15H31N3O/c1-5-16-14-6-9-19-11-13(14)10-18-8-7-17(4)15(2,3)12-18/h13-14,16H,5-12H2,1-4H3. The van der Waals surface area contributed by atoms with Gasteiger partial charge in [0.25, 0.3) is 0 Å². The molecule has 2 aliphatic heterocycles. The molecule has 0 saturated carbocycles. The quantitative estimate of drug-likeness (QED) is 0.825. The third kappa shape index (κ3) is 3.91. The molecule has 2 saturated heterocycles. The molecule has 4 heteroatoms. The number of hydrogen-bond donors (Lipinski definition) is 1. The number of ether oxygens (including phenoxy) is 1. The topological polar surface area (TPSA) is 27.7 Å². The SMILES string of the molecule is CCNC1CCOCC1CN1CCN(C)C(C)(C)C1. The van der Waals surface area contributed by atoms with Crippen LogP contribution in [0.2, 0.25) is 0 Å². The van der Waals surface area contributed by atoms with E-state index in [4.69, 9.17) is 4.74 Å². The third-order valence-corrected chi connectivity index (χ3v) is 4.83. The Bertz CT molecular complexity index is 281. The fraction of sp³-hybridized carbons (Fsp3) is 1.00. The van der Waals surface area contributed by atoms with Crippen LogP contribution in [0.15, 0.2) is 0 Å². The van der Waals surface area contributed by atoms with Crippen LogP contribution in [0.5, 0.6) is 0 Å². The fourth-order valence-corrected chi connectivity index (χ4v) is 3.34. The van der Waals surface area contributed by atoms with Crippen LogP contribution in [0.4, 0.5) is 0 Å². The smallest absolute Gasteiger partial charge is 0.0521 e. The molecule has 0 aromatic carbocycles. The second-order valence-electron chi connectivity index (χ2n) is 6.76. The van der Waals surface area contributed by atoms with Crippen LogP contribution in [0.3, 0.4) is 0 Å². The first-order valence-corrected chi connectivity index (χ1v) is 7.77. The lowest BCUT2D eigenvalue weighted by atomic mass is 9.93. The molecule has 2 heterocycles. The lowest BCUT2D eigenvalue weighted by Gasteiger charge is -2.47. The summed E-state index contributed by atoms with van der Waals surface area (Å²) in [4.78, 5) is 5.10. The van der Waals surface area contributed by atoms with E-state index < -0.39 is 0 Å². The molecule has 112 valence electrons. The first kappa shape index (κ1) is 15.2. The molecule has 0 aromatic rings. The number of rotatable bonds is 4. The summed E-state index contributed by atoms with van der Waals surface area (Å²) >= 11 is 0. The second kappa shape index (κ2) is 6.53. The molecule has 0 aromatic heterocycles. The molecule has 4 nitrogen and oxygen atoms in total. The number of nitrogens with one attached hydrogen (secondary N) is 1. The molecule has 0 amide bonds. The number of hydrogen-bond acceptors (Lipinski definition) is 4. The maximum absolute atomic E-state index is 5.70. The van der Waals surface area contributed by atoms with Crippen molar-refractivity contribution in [1.29, 1.82) is 0 Å². The molecular weight excluding hydrogens is 238 g/mol. The molecule has 1 N–H and O–H groups in total. The average Bonchev–Trinajstić information content (AvgIpc) is 2.36. The van der Waals surface area contributed by atoms with Crippen LogP contribution < -0.4 is 5.32 Å². The van der Waals surface area contributed by atoms with E-state index in [1.54, 1.807) is 0 Å². The highest BCUT2D eigenvalue weighted by atomic mass is 16.5. The Hall–Kier alpha value is -0.160. The Morgan fingerprint density at radius 3 is 2.79 bits per heavy atom. The number of piperazine rings is 1. The molecule has 0 aliphatic carbocycles. The van der Waals surface area contributed by atoms with Crippen LogP contribution in [-0.4, -0.2) is 74.4 Å². The van der Waals surface area contributed by atoms with Gasteiger partial charge in [0.05, 0.1) is 6.61 Å². The summed E-state index contributed by atoms with van der Waals surface area (Å²) < 4.78 is 5.70. The molecule has 0 bridgehead atoms. The summed E-state index contributed by atoms with van der Waals surface area (Å²) in [6, 6.07) is 0.640. The molecule has 2 atom stereocenters. The fourth-order valence-electron chi connectivity index (χ4n) is 3.34. The van der Waals surface area contributed by atoms with Crippen molar-refractivity contribution in [2.24, 2.45) is 5.92 Å². The summed E-state index contributed by atoms with van der Waals surface area (Å²) in [5.74, 6) is 0.646. The molecule has 19 heavy (non-hydrogen) atoms. The van der Waals surface area contributed by atoms with Gasteiger partial charge in [-0.2, -0.15) is 0 Å². The van der Waals surface area contributed by atoms with Gasteiger partial charge in [-0.25, -0.2) is 0 Å². The normalized spacial score (nSPS) is 33.5. The highest BCUT2D eigenvalue weighted by Crippen LogP contribution is 2.22. The van der Waals surface area contributed by atoms with E-state index in [0.717, 1.165) is 26.2 Å². The monoisotopic (exact) mass is 269 g/mol. The molecule has 0 spiro atoms. The Morgan fingerprint density at radius 1 is 1.32 bits per heavy atom. The van der Waals surface area contributed by atoms with Gasteiger partial charge in [0.15, 0.2) is 0 Å². The number of likely N-dealkylation sites (N-methyl/N-ethyl adjacent to an activating group) is 1. The van der Waals surface area contributed by atoms with Crippen molar-refractivity contribution in [2.75, 3.05) is 53.0 Å². The van der Waals surface area contributed by atoms with E-state index in [9.17, 15) is 0 Å². The molecular formula is C15H31N3O. The van der Waals surface area contributed by atoms with Crippen LogP contribution in [0.25, 0.3) is 0 Å². The zero-order chi connectivity index (χ0) is 13.9. The summed E-state index contributed by atoms with van der Waals surface area (Å²) in [5, 5.41) is 3.64. The summed E-state index contributed by atoms with van der Waals surface area (Å²) in [6.07, 6.45) is 1.16. The van der Waals surface area contributed by atoms with Gasteiger partial charge in [-0.3, -0.25) is 9.80 Å². The summed E-state index contributed by atoms with van der Waals surface area (Å²) in [5.41, 5.74) is 0.293. The highest BCUT2D eigenvalue weighted by Gasteiger charge is 2.34. The summed E-state index contributed by atoms with van der Waals surface area (Å²) in [7, 11) is 2.24. The van der Waals surface area contributed by atoms with Crippen LogP contribution in [0.1, 0.15) is 27.2 Å². The van der Waals surface area contributed by atoms with Crippen molar-refractivity contribution in [3.63, 3.8) is 0 Å². The van der Waals surface area contributed by atoms with Gasteiger partial charge in [0.2, 0.25) is 0 Å². The summed E-state index contributed by atoms with van der Waals surface area (Å²) in [6.45, 7) is 14.5. The molecule has 2 unspecified atom stereocenters. The Kier molecular flexibility index (Phi) is 5.23. The van der Waals surface area contributed by atoms with Crippen LogP contribution in [-0.2, 0) is 4.74 Å². The van der Waals surface area contributed by atoms with Gasteiger partial charge >= 0.3 is 0 Å². The minimum absolute atomic E-state index is 0.293. The van der Waals surface area contributed by atoms with Gasteiger partial charge < -0.3 is 10.1 Å². The number of nitrogens with zero attached hydrogens (tertiary/aromatic N) is 2.